The molecule has 9 heteroatoms. The zero-order chi connectivity index (χ0) is 44.9. The van der Waals surface area contributed by atoms with E-state index in [0.29, 0.717) is 28.7 Å². The molecule has 0 amide bonds. The topological polar surface area (TPSA) is 55.4 Å². The van der Waals surface area contributed by atoms with Gasteiger partial charge in [0.2, 0.25) is 0 Å². The highest BCUT2D eigenvalue weighted by Crippen LogP contribution is 2.51. The third-order valence-corrected chi connectivity index (χ3v) is 13.4. The molecule has 0 radical (unpaired) electrons. The second-order valence-electron chi connectivity index (χ2n) is 15.1. The van der Waals surface area contributed by atoms with Crippen LogP contribution in [0, 0.1) is 6.92 Å². The summed E-state index contributed by atoms with van der Waals surface area (Å²) in [4.78, 5) is 1.04. The van der Waals surface area contributed by atoms with E-state index in [0.717, 1.165) is 60.5 Å². The van der Waals surface area contributed by atoms with Crippen molar-refractivity contribution in [2.45, 2.75) is 18.4 Å². The van der Waals surface area contributed by atoms with Crippen molar-refractivity contribution in [2.75, 3.05) is 6.26 Å². The summed E-state index contributed by atoms with van der Waals surface area (Å²) in [6.07, 6.45) is 2.06. The Morgan fingerprint density at radius 2 is 0.682 bits per heavy atom. The van der Waals surface area contributed by atoms with Crippen LogP contribution >= 0.6 is 29.0 Å². The molecule has 0 atom stereocenters. The van der Waals surface area contributed by atoms with Gasteiger partial charge in [-0.1, -0.05) is 194 Å². The molecule has 9 rings (SSSR count). The molecule has 0 N–H and O–H groups in total. The Morgan fingerprint density at radius 3 is 1.03 bits per heavy atom. The van der Waals surface area contributed by atoms with Crippen molar-refractivity contribution in [2.24, 2.45) is 0 Å². The summed E-state index contributed by atoms with van der Waals surface area (Å²) >= 11 is 1.64. The maximum Gasteiger partial charge on any atom is 0.530 e. The molecule has 0 aromatic heterocycles. The predicted octanol–water partition coefficient (Wildman–Crippen LogP) is 17.1. The maximum absolute atomic E-state index is 7.04. The summed E-state index contributed by atoms with van der Waals surface area (Å²) in [5, 5.41) is 0. The second-order valence-corrected chi connectivity index (χ2v) is 18.0. The summed E-state index contributed by atoms with van der Waals surface area (Å²) in [6.45, 7) is 2.12. The van der Waals surface area contributed by atoms with Gasteiger partial charge in [-0.3, -0.25) is 4.52 Å². The van der Waals surface area contributed by atoms with Crippen LogP contribution in [0.25, 0.3) is 44.5 Å². The van der Waals surface area contributed by atoms with Crippen LogP contribution in [0.3, 0.4) is 0 Å². The van der Waals surface area contributed by atoms with E-state index >= 15 is 0 Å². The Morgan fingerprint density at radius 1 is 0.364 bits per heavy atom. The molecule has 0 bridgehead atoms. The van der Waals surface area contributed by atoms with E-state index in [1.54, 1.807) is 11.8 Å². The van der Waals surface area contributed by atoms with E-state index in [-0.39, 0.29) is 6.61 Å². The largest absolute Gasteiger partial charge is 0.530 e. The van der Waals surface area contributed by atoms with E-state index in [2.05, 4.69) is 66.9 Å². The smallest absolute Gasteiger partial charge is 0.417 e. The average molecular weight is 921 g/mol. The minimum atomic E-state index is -2.13. The van der Waals surface area contributed by atoms with Crippen LogP contribution in [0.5, 0.6) is 28.7 Å². The van der Waals surface area contributed by atoms with Crippen LogP contribution in [0.15, 0.2) is 235 Å². The molecule has 0 aliphatic heterocycles. The van der Waals surface area contributed by atoms with Crippen molar-refractivity contribution in [1.82, 2.24) is 0 Å². The van der Waals surface area contributed by atoms with Gasteiger partial charge in [-0.25, -0.2) is 0 Å². The molecule has 326 valence electrons. The zero-order valence-electron chi connectivity index (χ0n) is 36.4. The molecule has 0 fully saturated rings. The Labute approximate surface area is 393 Å². The molecule has 0 aliphatic rings. The Bertz CT molecular complexity index is 2810. The molecule has 0 spiro atoms. The van der Waals surface area contributed by atoms with Crippen molar-refractivity contribution in [3.05, 3.63) is 242 Å². The lowest BCUT2D eigenvalue weighted by molar-refractivity contribution is 0.253. The van der Waals surface area contributed by atoms with Crippen LogP contribution in [-0.2, 0) is 11.1 Å². The van der Waals surface area contributed by atoms with E-state index in [9.17, 15) is 0 Å². The van der Waals surface area contributed by atoms with Gasteiger partial charge in [0, 0.05) is 32.7 Å². The first kappa shape index (κ1) is 44.4. The standard InChI is InChI=1S/C57H46O6P2S/c1-42-39-48(66-2)40-47(41-58-64(59-53-35-19-15-31-49(53)43-23-7-3-8-24-43)60-54-36-20-16-32-50(54)44-25-9-4-10-26-44)57(42)63-65(61-55-37-21-17-33-51(55)45-27-11-5-12-28-45)62-56-38-22-18-34-52(56)46-29-13-6-14-30-46/h3-40H,41H2,1-2H3. The third kappa shape index (κ3) is 11.0. The molecule has 6 nitrogen and oxygen atoms in total. The molecule has 9 aromatic carbocycles. The Kier molecular flexibility index (Phi) is 14.7. The zero-order valence-corrected chi connectivity index (χ0v) is 39.0. The molecule has 0 heterocycles. The van der Waals surface area contributed by atoms with E-state index in [1.165, 1.54) is 0 Å². The fourth-order valence-corrected chi connectivity index (χ4v) is 10.2. The van der Waals surface area contributed by atoms with Crippen LogP contribution in [0.1, 0.15) is 11.1 Å². The van der Waals surface area contributed by atoms with Gasteiger partial charge in [-0.15, -0.1) is 11.8 Å². The molecule has 66 heavy (non-hydrogen) atoms. The fourth-order valence-electron chi connectivity index (χ4n) is 7.42. The van der Waals surface area contributed by atoms with E-state index < -0.39 is 17.2 Å². The molecule has 0 aliphatic carbocycles. The van der Waals surface area contributed by atoms with Gasteiger partial charge >= 0.3 is 17.2 Å². The quantitative estimate of drug-likeness (QED) is 0.0628. The minimum Gasteiger partial charge on any atom is -0.417 e. The number of hydrogen-bond acceptors (Lipinski definition) is 7. The number of aryl methyl sites for hydroxylation is 1. The number of thioether (sulfide) groups is 1. The first-order valence-electron chi connectivity index (χ1n) is 21.5. The first-order chi connectivity index (χ1) is 32.6. The van der Waals surface area contributed by atoms with Crippen molar-refractivity contribution >= 4 is 29.0 Å². The summed E-state index contributed by atoms with van der Waals surface area (Å²) in [7, 11) is -4.20. The molecule has 0 unspecified atom stereocenters. The van der Waals surface area contributed by atoms with Crippen LogP contribution < -0.4 is 22.6 Å². The lowest BCUT2D eigenvalue weighted by Gasteiger charge is -2.24. The molecular formula is C57H46O6P2S. The van der Waals surface area contributed by atoms with Crippen LogP contribution in [-0.4, -0.2) is 6.26 Å². The monoisotopic (exact) mass is 920 g/mol. The van der Waals surface area contributed by atoms with Gasteiger partial charge < -0.3 is 22.6 Å². The van der Waals surface area contributed by atoms with Crippen molar-refractivity contribution in [1.29, 1.82) is 0 Å². The van der Waals surface area contributed by atoms with Gasteiger partial charge in [-0.05, 0) is 77.4 Å². The lowest BCUT2D eigenvalue weighted by atomic mass is 10.1. The lowest BCUT2D eigenvalue weighted by Crippen LogP contribution is -2.07. The Balaban J connectivity index is 1.08. The average Bonchev–Trinajstić information content (AvgIpc) is 3.38. The van der Waals surface area contributed by atoms with Crippen molar-refractivity contribution < 1.29 is 27.1 Å². The second kappa shape index (κ2) is 21.9. The van der Waals surface area contributed by atoms with Crippen molar-refractivity contribution in [3.63, 3.8) is 0 Å². The first-order valence-corrected chi connectivity index (χ1v) is 24.9. The molecule has 0 saturated carbocycles. The van der Waals surface area contributed by atoms with E-state index in [4.69, 9.17) is 27.1 Å². The number of hydrogen-bond donors (Lipinski definition) is 0. The summed E-state index contributed by atoms with van der Waals surface area (Å²) < 4.78 is 41.3. The number of para-hydroxylation sites is 4. The van der Waals surface area contributed by atoms with Gasteiger partial charge in [0.15, 0.2) is 0 Å². The Hall–Kier alpha value is -6.85. The number of rotatable bonds is 18. The highest BCUT2D eigenvalue weighted by atomic mass is 32.2. The fraction of sp³-hybridized carbons (Fsp3) is 0.0526. The SMILES string of the molecule is CSc1cc(C)c(OP(Oc2ccccc2-c2ccccc2)Oc2ccccc2-c2ccccc2)c(COP(Oc2ccccc2-c2ccccc2)Oc2ccccc2-c2ccccc2)c1. The van der Waals surface area contributed by atoms with Crippen molar-refractivity contribution in [3.8, 4) is 73.3 Å². The summed E-state index contributed by atoms with van der Waals surface area (Å²) in [6, 6.07) is 76.7. The maximum atomic E-state index is 7.04. The van der Waals surface area contributed by atoms with Gasteiger partial charge in [-0.2, -0.15) is 0 Å². The molecule has 0 saturated heterocycles. The van der Waals surface area contributed by atoms with Gasteiger partial charge in [0.1, 0.15) is 28.7 Å². The van der Waals surface area contributed by atoms with Gasteiger partial charge in [0.25, 0.3) is 0 Å². The van der Waals surface area contributed by atoms with E-state index in [1.807, 2.05) is 177 Å². The highest BCUT2D eigenvalue weighted by molar-refractivity contribution is 7.98. The molecular weight excluding hydrogens is 875 g/mol. The van der Waals surface area contributed by atoms with Crippen LogP contribution in [0.4, 0.5) is 0 Å². The van der Waals surface area contributed by atoms with Crippen LogP contribution in [0.2, 0.25) is 0 Å². The normalized spacial score (nSPS) is 11.0. The minimum absolute atomic E-state index is 0.0850. The number of benzene rings is 9. The predicted molar refractivity (Wildman–Crippen MR) is 272 cm³/mol. The highest BCUT2D eigenvalue weighted by Gasteiger charge is 2.28. The summed E-state index contributed by atoms with van der Waals surface area (Å²) in [5.74, 6) is 3.11. The third-order valence-electron chi connectivity index (χ3n) is 10.6. The van der Waals surface area contributed by atoms with Gasteiger partial charge in [0.05, 0.1) is 6.61 Å². The summed E-state index contributed by atoms with van der Waals surface area (Å²) in [5.41, 5.74) is 9.40. The molecule has 9 aromatic rings.